The Balaban J connectivity index is 1.66. The molecule has 1 atom stereocenters. The number of nitrogens with one attached hydrogen (secondary N) is 1. The fourth-order valence-corrected chi connectivity index (χ4v) is 3.04. The number of rotatable bonds is 8. The zero-order valence-electron chi connectivity index (χ0n) is 15.9. The lowest BCUT2D eigenvalue weighted by molar-refractivity contribution is -0.121. The summed E-state index contributed by atoms with van der Waals surface area (Å²) in [7, 11) is 0. The average molecular weight is 362 g/mol. The van der Waals surface area contributed by atoms with Crippen molar-refractivity contribution in [1.82, 2.24) is 14.7 Å². The summed E-state index contributed by atoms with van der Waals surface area (Å²) in [4.78, 5) is 14.9. The molecule has 0 fully saturated rings. The zero-order valence-corrected chi connectivity index (χ0v) is 15.9. The minimum absolute atomic E-state index is 0.0165. The number of para-hydroxylation sites is 1. The first-order chi connectivity index (χ1) is 13.2. The van der Waals surface area contributed by atoms with E-state index in [0.717, 1.165) is 30.9 Å². The zero-order chi connectivity index (χ0) is 19.1. The predicted octanol–water partition coefficient (Wildman–Crippen LogP) is 4.11. The largest absolute Gasteiger partial charge is 0.325 e. The Bertz CT molecular complexity index is 829. The van der Waals surface area contributed by atoms with Crippen LogP contribution in [0.3, 0.4) is 0 Å². The monoisotopic (exact) mass is 362 g/mol. The Morgan fingerprint density at radius 1 is 1.11 bits per heavy atom. The molecule has 0 saturated carbocycles. The molecule has 5 heteroatoms. The summed E-state index contributed by atoms with van der Waals surface area (Å²) in [6, 6.07) is 19.6. The maximum atomic E-state index is 12.7. The molecule has 1 aromatic heterocycles. The van der Waals surface area contributed by atoms with E-state index in [9.17, 15) is 4.79 Å². The molecule has 2 aromatic carbocycles. The quantitative estimate of drug-likeness (QED) is 0.656. The van der Waals surface area contributed by atoms with Crippen LogP contribution in [0.2, 0.25) is 0 Å². The Hall–Kier alpha value is -2.92. The van der Waals surface area contributed by atoms with Gasteiger partial charge in [0.15, 0.2) is 0 Å². The van der Waals surface area contributed by atoms with Crippen LogP contribution in [0.15, 0.2) is 73.1 Å². The van der Waals surface area contributed by atoms with E-state index < -0.39 is 0 Å². The van der Waals surface area contributed by atoms with E-state index in [2.05, 4.69) is 46.5 Å². The summed E-state index contributed by atoms with van der Waals surface area (Å²) < 4.78 is 1.84. The van der Waals surface area contributed by atoms with Crippen molar-refractivity contribution >= 4 is 11.6 Å². The van der Waals surface area contributed by atoms with Crippen molar-refractivity contribution in [2.45, 2.75) is 32.9 Å². The number of benzene rings is 2. The Morgan fingerprint density at radius 3 is 2.48 bits per heavy atom. The van der Waals surface area contributed by atoms with Crippen LogP contribution in [0, 0.1) is 0 Å². The maximum absolute atomic E-state index is 12.7. The third kappa shape index (κ3) is 5.05. The first-order valence-electron chi connectivity index (χ1n) is 9.36. The van der Waals surface area contributed by atoms with Crippen LogP contribution in [-0.4, -0.2) is 33.2 Å². The van der Waals surface area contributed by atoms with Crippen molar-refractivity contribution in [3.05, 3.63) is 78.6 Å². The van der Waals surface area contributed by atoms with E-state index in [1.54, 1.807) is 6.20 Å². The van der Waals surface area contributed by atoms with E-state index in [4.69, 9.17) is 0 Å². The van der Waals surface area contributed by atoms with Crippen molar-refractivity contribution in [1.29, 1.82) is 0 Å². The van der Waals surface area contributed by atoms with Crippen molar-refractivity contribution in [3.63, 3.8) is 0 Å². The molecule has 1 heterocycles. The summed E-state index contributed by atoms with van der Waals surface area (Å²) in [5, 5.41) is 7.25. The molecule has 3 rings (SSSR count). The normalized spacial score (nSPS) is 12.1. The summed E-state index contributed by atoms with van der Waals surface area (Å²) in [6.07, 6.45) is 4.69. The molecular weight excluding hydrogens is 336 g/mol. The highest BCUT2D eigenvalue weighted by molar-refractivity contribution is 5.94. The van der Waals surface area contributed by atoms with Crippen molar-refractivity contribution in [2.24, 2.45) is 0 Å². The van der Waals surface area contributed by atoms with Gasteiger partial charge in [0.05, 0.1) is 11.7 Å². The third-order valence-corrected chi connectivity index (χ3v) is 4.57. The Labute approximate surface area is 160 Å². The minimum atomic E-state index is -0.212. The Kier molecular flexibility index (Phi) is 6.39. The number of anilines is 1. The molecule has 1 N–H and O–H groups in total. The van der Waals surface area contributed by atoms with E-state index in [1.807, 2.05) is 54.2 Å². The van der Waals surface area contributed by atoms with E-state index in [0.29, 0.717) is 0 Å². The van der Waals surface area contributed by atoms with Gasteiger partial charge in [0.1, 0.15) is 0 Å². The molecule has 0 aliphatic heterocycles. The van der Waals surface area contributed by atoms with Gasteiger partial charge in [0.25, 0.3) is 0 Å². The smallest absolute Gasteiger partial charge is 0.241 e. The second-order valence-corrected chi connectivity index (χ2v) is 6.62. The first-order valence-corrected chi connectivity index (χ1v) is 9.36. The number of amides is 1. The molecule has 1 amide bonds. The van der Waals surface area contributed by atoms with Gasteiger partial charge in [-0.1, -0.05) is 37.3 Å². The van der Waals surface area contributed by atoms with Crippen molar-refractivity contribution in [3.8, 4) is 5.69 Å². The van der Waals surface area contributed by atoms with Gasteiger partial charge in [-0.25, -0.2) is 4.68 Å². The van der Waals surface area contributed by atoms with Crippen LogP contribution in [0.1, 0.15) is 25.8 Å². The molecule has 1 unspecified atom stereocenters. The summed E-state index contributed by atoms with van der Waals surface area (Å²) >= 11 is 0. The molecule has 0 aliphatic carbocycles. The van der Waals surface area contributed by atoms with E-state index in [-0.39, 0.29) is 11.9 Å². The number of nitrogens with zero attached hydrogens (tertiary/aromatic N) is 3. The molecule has 3 aromatic rings. The number of hydrogen-bond donors (Lipinski definition) is 1. The van der Waals surface area contributed by atoms with Gasteiger partial charge in [0.2, 0.25) is 5.91 Å². The van der Waals surface area contributed by atoms with Crippen molar-refractivity contribution in [2.75, 3.05) is 11.9 Å². The van der Waals surface area contributed by atoms with Gasteiger partial charge in [-0.2, -0.15) is 5.10 Å². The molecule has 0 saturated heterocycles. The van der Waals surface area contributed by atoms with Crippen molar-refractivity contribution < 1.29 is 4.79 Å². The van der Waals surface area contributed by atoms with Gasteiger partial charge in [-0.05, 0) is 55.8 Å². The molecule has 0 aliphatic rings. The average Bonchev–Trinajstić information content (AvgIpc) is 3.23. The highest BCUT2D eigenvalue weighted by Gasteiger charge is 2.21. The van der Waals surface area contributed by atoms with Crippen LogP contribution >= 0.6 is 0 Å². The standard InChI is InChI=1S/C22H26N4O/c1-3-15-25(18(2)22(27)24-20-8-5-4-6-9-20)17-19-10-12-21(13-11-19)26-16-7-14-23-26/h4-14,16,18H,3,15,17H2,1-2H3,(H,24,27). The van der Waals surface area contributed by atoms with Gasteiger partial charge >= 0.3 is 0 Å². The summed E-state index contributed by atoms with van der Waals surface area (Å²) in [5.74, 6) is 0.0165. The van der Waals surface area contributed by atoms with Gasteiger partial charge in [0, 0.05) is 24.6 Å². The lowest BCUT2D eigenvalue weighted by Gasteiger charge is -2.28. The molecule has 140 valence electrons. The highest BCUT2D eigenvalue weighted by atomic mass is 16.2. The lowest BCUT2D eigenvalue weighted by Crippen LogP contribution is -2.42. The number of carbonyl (C=O) groups is 1. The second-order valence-electron chi connectivity index (χ2n) is 6.62. The number of aromatic nitrogens is 2. The molecule has 5 nitrogen and oxygen atoms in total. The molecule has 0 spiro atoms. The SMILES string of the molecule is CCCN(Cc1ccc(-n2cccn2)cc1)C(C)C(=O)Nc1ccccc1. The fourth-order valence-electron chi connectivity index (χ4n) is 3.04. The van der Waals surface area contributed by atoms with Crippen LogP contribution in [-0.2, 0) is 11.3 Å². The number of carbonyl (C=O) groups excluding carboxylic acids is 1. The minimum Gasteiger partial charge on any atom is -0.325 e. The topological polar surface area (TPSA) is 50.2 Å². The Morgan fingerprint density at radius 2 is 1.85 bits per heavy atom. The van der Waals surface area contributed by atoms with Crippen LogP contribution in [0.25, 0.3) is 5.69 Å². The molecular formula is C22H26N4O. The maximum Gasteiger partial charge on any atom is 0.241 e. The van der Waals surface area contributed by atoms with E-state index in [1.165, 1.54) is 5.56 Å². The van der Waals surface area contributed by atoms with Crippen LogP contribution < -0.4 is 5.32 Å². The first kappa shape index (κ1) is 18.9. The van der Waals surface area contributed by atoms with Gasteiger partial charge in [-0.15, -0.1) is 0 Å². The van der Waals surface area contributed by atoms with E-state index >= 15 is 0 Å². The van der Waals surface area contributed by atoms with Crippen LogP contribution in [0.5, 0.6) is 0 Å². The van der Waals surface area contributed by atoms with Crippen LogP contribution in [0.4, 0.5) is 5.69 Å². The lowest BCUT2D eigenvalue weighted by atomic mass is 10.1. The fraction of sp³-hybridized carbons (Fsp3) is 0.273. The van der Waals surface area contributed by atoms with Gasteiger partial charge < -0.3 is 5.32 Å². The predicted molar refractivity (Wildman–Crippen MR) is 109 cm³/mol. The molecule has 27 heavy (non-hydrogen) atoms. The number of hydrogen-bond acceptors (Lipinski definition) is 3. The third-order valence-electron chi connectivity index (χ3n) is 4.57. The molecule has 0 bridgehead atoms. The summed E-state index contributed by atoms with van der Waals surface area (Å²) in [6.45, 7) is 5.70. The molecule has 0 radical (unpaired) electrons. The van der Waals surface area contributed by atoms with Gasteiger partial charge in [-0.3, -0.25) is 9.69 Å². The second kappa shape index (κ2) is 9.14. The highest BCUT2D eigenvalue weighted by Crippen LogP contribution is 2.14. The summed E-state index contributed by atoms with van der Waals surface area (Å²) in [5.41, 5.74) is 3.04.